The van der Waals surface area contributed by atoms with Crippen LogP contribution in [0.25, 0.3) is 0 Å². The maximum absolute atomic E-state index is 13.0. The van der Waals surface area contributed by atoms with E-state index in [9.17, 15) is 9.18 Å². The van der Waals surface area contributed by atoms with Crippen molar-refractivity contribution in [3.05, 3.63) is 35.6 Å². The highest BCUT2D eigenvalue weighted by molar-refractivity contribution is 5.79. The third-order valence-electron chi connectivity index (χ3n) is 3.37. The van der Waals surface area contributed by atoms with Crippen molar-refractivity contribution in [3.8, 4) is 0 Å². The van der Waals surface area contributed by atoms with Crippen molar-refractivity contribution in [2.75, 3.05) is 0 Å². The Labute approximate surface area is 100 Å². The van der Waals surface area contributed by atoms with E-state index < -0.39 is 0 Å². The van der Waals surface area contributed by atoms with Gasteiger partial charge in [0.05, 0.1) is 6.04 Å². The minimum absolute atomic E-state index is 0.190. The average Bonchev–Trinajstić information content (AvgIpc) is 2.22. The number of carbonyl (C=O) groups is 1. The molecule has 1 fully saturated rings. The molecule has 3 N–H and O–H groups in total. The first kappa shape index (κ1) is 12.0. The molecule has 0 radical (unpaired) electrons. The SMILES string of the molecule is CC(NC1CC(c2cccc(F)c2)C1)C(N)=O. The van der Waals surface area contributed by atoms with Crippen molar-refractivity contribution in [1.29, 1.82) is 0 Å². The van der Waals surface area contributed by atoms with Crippen LogP contribution in [-0.4, -0.2) is 18.0 Å². The zero-order valence-electron chi connectivity index (χ0n) is 9.82. The highest BCUT2D eigenvalue weighted by atomic mass is 19.1. The Morgan fingerprint density at radius 2 is 2.24 bits per heavy atom. The summed E-state index contributed by atoms with van der Waals surface area (Å²) >= 11 is 0. The summed E-state index contributed by atoms with van der Waals surface area (Å²) in [6.07, 6.45) is 1.86. The number of nitrogens with two attached hydrogens (primary N) is 1. The maximum Gasteiger partial charge on any atom is 0.234 e. The lowest BCUT2D eigenvalue weighted by Gasteiger charge is -2.37. The Kier molecular flexibility index (Phi) is 3.43. The molecule has 1 saturated carbocycles. The van der Waals surface area contributed by atoms with Gasteiger partial charge < -0.3 is 11.1 Å². The van der Waals surface area contributed by atoms with Crippen molar-refractivity contribution < 1.29 is 9.18 Å². The van der Waals surface area contributed by atoms with Crippen LogP contribution in [0.4, 0.5) is 4.39 Å². The number of halogens is 1. The lowest BCUT2D eigenvalue weighted by molar-refractivity contribution is -0.120. The van der Waals surface area contributed by atoms with Gasteiger partial charge in [0, 0.05) is 6.04 Å². The smallest absolute Gasteiger partial charge is 0.234 e. The number of nitrogens with one attached hydrogen (secondary N) is 1. The molecule has 1 aliphatic rings. The van der Waals surface area contributed by atoms with E-state index >= 15 is 0 Å². The van der Waals surface area contributed by atoms with E-state index in [4.69, 9.17) is 5.73 Å². The van der Waals surface area contributed by atoms with E-state index in [0.29, 0.717) is 12.0 Å². The Balaban J connectivity index is 1.85. The largest absolute Gasteiger partial charge is 0.368 e. The summed E-state index contributed by atoms with van der Waals surface area (Å²) in [6, 6.07) is 6.73. The summed E-state index contributed by atoms with van der Waals surface area (Å²) in [6.45, 7) is 1.76. The number of carbonyl (C=O) groups excluding carboxylic acids is 1. The Bertz CT molecular complexity index is 416. The van der Waals surface area contributed by atoms with Gasteiger partial charge in [0.1, 0.15) is 5.82 Å². The molecule has 0 saturated heterocycles. The summed E-state index contributed by atoms with van der Waals surface area (Å²) in [5.74, 6) is -0.133. The summed E-state index contributed by atoms with van der Waals surface area (Å²) in [5.41, 5.74) is 6.21. The maximum atomic E-state index is 13.0. The van der Waals surface area contributed by atoms with Crippen LogP contribution in [0.15, 0.2) is 24.3 Å². The van der Waals surface area contributed by atoms with Crippen molar-refractivity contribution in [2.24, 2.45) is 5.73 Å². The van der Waals surface area contributed by atoms with E-state index in [-0.39, 0.29) is 17.8 Å². The van der Waals surface area contributed by atoms with E-state index in [1.165, 1.54) is 6.07 Å². The highest BCUT2D eigenvalue weighted by Gasteiger charge is 2.31. The van der Waals surface area contributed by atoms with Crippen LogP contribution in [0, 0.1) is 5.82 Å². The van der Waals surface area contributed by atoms with Crippen molar-refractivity contribution in [1.82, 2.24) is 5.32 Å². The highest BCUT2D eigenvalue weighted by Crippen LogP contribution is 2.37. The number of amides is 1. The van der Waals surface area contributed by atoms with Crippen molar-refractivity contribution >= 4 is 5.91 Å². The van der Waals surface area contributed by atoms with Crippen LogP contribution >= 0.6 is 0 Å². The molecule has 1 aliphatic carbocycles. The molecule has 92 valence electrons. The van der Waals surface area contributed by atoms with Gasteiger partial charge in [-0.15, -0.1) is 0 Å². The van der Waals surface area contributed by atoms with E-state index in [1.54, 1.807) is 19.1 Å². The number of primary amides is 1. The van der Waals surface area contributed by atoms with Gasteiger partial charge >= 0.3 is 0 Å². The molecule has 0 aromatic heterocycles. The Hall–Kier alpha value is -1.42. The number of hydrogen-bond donors (Lipinski definition) is 2. The van der Waals surface area contributed by atoms with Gasteiger partial charge in [0.25, 0.3) is 0 Å². The molecular weight excluding hydrogens is 219 g/mol. The topological polar surface area (TPSA) is 55.1 Å². The van der Waals surface area contributed by atoms with Crippen molar-refractivity contribution in [2.45, 2.75) is 37.8 Å². The van der Waals surface area contributed by atoms with Crippen molar-refractivity contribution in [3.63, 3.8) is 0 Å². The predicted molar refractivity (Wildman–Crippen MR) is 64.0 cm³/mol. The summed E-state index contributed by atoms with van der Waals surface area (Å²) < 4.78 is 13.0. The second-order valence-electron chi connectivity index (χ2n) is 4.71. The van der Waals surface area contributed by atoms with E-state index in [0.717, 1.165) is 18.4 Å². The van der Waals surface area contributed by atoms with E-state index in [1.807, 2.05) is 6.07 Å². The summed E-state index contributed by atoms with van der Waals surface area (Å²) in [4.78, 5) is 10.9. The number of benzene rings is 1. The zero-order chi connectivity index (χ0) is 12.4. The Morgan fingerprint density at radius 3 is 2.82 bits per heavy atom. The molecule has 3 nitrogen and oxygen atoms in total. The molecule has 1 atom stereocenters. The first-order valence-electron chi connectivity index (χ1n) is 5.87. The van der Waals surface area contributed by atoms with Gasteiger partial charge in [-0.25, -0.2) is 4.39 Å². The second-order valence-corrected chi connectivity index (χ2v) is 4.71. The molecule has 0 aliphatic heterocycles. The van der Waals surface area contributed by atoms with Gasteiger partial charge in [-0.05, 0) is 43.4 Å². The third-order valence-corrected chi connectivity index (χ3v) is 3.37. The minimum Gasteiger partial charge on any atom is -0.368 e. The fourth-order valence-electron chi connectivity index (χ4n) is 2.22. The lowest BCUT2D eigenvalue weighted by Crippen LogP contribution is -2.49. The zero-order valence-corrected chi connectivity index (χ0v) is 9.82. The fourth-order valence-corrected chi connectivity index (χ4v) is 2.22. The van der Waals surface area contributed by atoms with Gasteiger partial charge in [-0.2, -0.15) is 0 Å². The molecule has 0 heterocycles. The van der Waals surface area contributed by atoms with Gasteiger partial charge in [-0.1, -0.05) is 12.1 Å². The molecule has 0 bridgehead atoms. The molecule has 2 rings (SSSR count). The molecule has 17 heavy (non-hydrogen) atoms. The fraction of sp³-hybridized carbons (Fsp3) is 0.462. The summed E-state index contributed by atoms with van der Waals surface area (Å²) in [5, 5.41) is 3.16. The molecule has 1 aromatic carbocycles. The van der Waals surface area contributed by atoms with Crippen LogP contribution in [0.5, 0.6) is 0 Å². The standard InChI is InChI=1S/C13H17FN2O/c1-8(13(15)17)16-12-6-10(7-12)9-3-2-4-11(14)5-9/h2-5,8,10,12,16H,6-7H2,1H3,(H2,15,17). The summed E-state index contributed by atoms with van der Waals surface area (Å²) in [7, 11) is 0. The molecule has 1 unspecified atom stereocenters. The molecule has 1 amide bonds. The molecule has 4 heteroatoms. The first-order valence-corrected chi connectivity index (χ1v) is 5.87. The van der Waals surface area contributed by atoms with Crippen LogP contribution in [-0.2, 0) is 4.79 Å². The minimum atomic E-state index is -0.334. The number of rotatable bonds is 4. The van der Waals surface area contributed by atoms with Gasteiger partial charge in [-0.3, -0.25) is 4.79 Å². The van der Waals surface area contributed by atoms with Crippen LogP contribution in [0.2, 0.25) is 0 Å². The van der Waals surface area contributed by atoms with Gasteiger partial charge in [0.2, 0.25) is 5.91 Å². The monoisotopic (exact) mass is 236 g/mol. The van der Waals surface area contributed by atoms with Gasteiger partial charge in [0.15, 0.2) is 0 Å². The van der Waals surface area contributed by atoms with Crippen LogP contribution < -0.4 is 11.1 Å². The molecule has 0 spiro atoms. The van der Waals surface area contributed by atoms with E-state index in [2.05, 4.69) is 5.32 Å². The average molecular weight is 236 g/mol. The normalized spacial score (nSPS) is 25.1. The predicted octanol–water partition coefficient (Wildman–Crippen LogP) is 1.54. The quantitative estimate of drug-likeness (QED) is 0.833. The lowest BCUT2D eigenvalue weighted by atomic mass is 9.75. The molecule has 1 aromatic rings. The number of hydrogen-bond acceptors (Lipinski definition) is 2. The first-order chi connectivity index (χ1) is 8.06. The third kappa shape index (κ3) is 2.82. The Morgan fingerprint density at radius 1 is 1.53 bits per heavy atom. The van der Waals surface area contributed by atoms with Crippen LogP contribution in [0.1, 0.15) is 31.2 Å². The molecular formula is C13H17FN2O. The second kappa shape index (κ2) is 4.84. The van der Waals surface area contributed by atoms with Crippen LogP contribution in [0.3, 0.4) is 0 Å².